The van der Waals surface area contributed by atoms with Gasteiger partial charge in [0, 0.05) is 30.3 Å². The van der Waals surface area contributed by atoms with Gasteiger partial charge in [0.1, 0.15) is 5.69 Å². The van der Waals surface area contributed by atoms with E-state index in [1.807, 2.05) is 0 Å². The number of carbonyl (C=O) groups is 2. The molecule has 0 bridgehead atoms. The predicted octanol–water partition coefficient (Wildman–Crippen LogP) is 4.67. The van der Waals surface area contributed by atoms with Crippen LogP contribution in [0.25, 0.3) is 0 Å². The highest BCUT2D eigenvalue weighted by atomic mass is 19.4. The minimum Gasteiger partial charge on any atom is -0.354 e. The molecule has 148 valence electrons. The first-order valence-corrected chi connectivity index (χ1v) is 9.48. The molecule has 2 aliphatic rings. The van der Waals surface area contributed by atoms with E-state index < -0.39 is 11.7 Å². The van der Waals surface area contributed by atoms with E-state index in [9.17, 15) is 22.8 Å². The molecule has 1 saturated carbocycles. The highest BCUT2D eigenvalue weighted by Crippen LogP contribution is 2.36. The summed E-state index contributed by atoms with van der Waals surface area (Å²) < 4.78 is 40.1. The summed E-state index contributed by atoms with van der Waals surface area (Å²) in [7, 11) is 0. The fourth-order valence-corrected chi connectivity index (χ4v) is 4.00. The lowest BCUT2D eigenvalue weighted by Gasteiger charge is -2.24. The number of nitrogens with one attached hydrogen (secondary N) is 1. The van der Waals surface area contributed by atoms with E-state index in [0.29, 0.717) is 29.7 Å². The van der Waals surface area contributed by atoms with E-state index in [1.165, 1.54) is 17.0 Å². The van der Waals surface area contributed by atoms with Crippen molar-refractivity contribution in [2.75, 3.05) is 0 Å². The van der Waals surface area contributed by atoms with Gasteiger partial charge in [-0.15, -0.1) is 0 Å². The summed E-state index contributed by atoms with van der Waals surface area (Å²) in [6, 6.07) is 5.30. The van der Waals surface area contributed by atoms with Crippen molar-refractivity contribution in [2.45, 2.75) is 57.8 Å². The SMILES string of the molecule is Cc1c(C(=O)N(Cc2ccccc2C(F)(F)F)C2CC2)[nH]c2c1C(=O)CCC2. The summed E-state index contributed by atoms with van der Waals surface area (Å²) in [6.07, 6.45) is -1.01. The Hall–Kier alpha value is -2.57. The zero-order chi connectivity index (χ0) is 20.1. The van der Waals surface area contributed by atoms with E-state index in [2.05, 4.69) is 4.98 Å². The first kappa shape index (κ1) is 18.8. The van der Waals surface area contributed by atoms with Gasteiger partial charge in [-0.1, -0.05) is 18.2 Å². The Balaban J connectivity index is 1.68. The quantitative estimate of drug-likeness (QED) is 0.825. The van der Waals surface area contributed by atoms with Crippen LogP contribution in [0.4, 0.5) is 13.2 Å². The van der Waals surface area contributed by atoms with Crippen LogP contribution in [-0.2, 0) is 19.1 Å². The molecule has 0 radical (unpaired) electrons. The molecule has 2 aromatic rings. The van der Waals surface area contributed by atoms with Crippen LogP contribution in [0.1, 0.15) is 68.9 Å². The Morgan fingerprint density at radius 1 is 1.21 bits per heavy atom. The number of aromatic nitrogens is 1. The number of hydrogen-bond acceptors (Lipinski definition) is 2. The minimum absolute atomic E-state index is 0.0226. The molecule has 1 aromatic carbocycles. The number of ketones is 1. The average molecular weight is 390 g/mol. The molecule has 1 fully saturated rings. The molecular weight excluding hydrogens is 369 g/mol. The van der Waals surface area contributed by atoms with Crippen LogP contribution >= 0.6 is 0 Å². The molecule has 4 rings (SSSR count). The van der Waals surface area contributed by atoms with Gasteiger partial charge in [0.25, 0.3) is 5.91 Å². The molecule has 0 unspecified atom stereocenters. The largest absolute Gasteiger partial charge is 0.416 e. The Labute approximate surface area is 160 Å². The monoisotopic (exact) mass is 390 g/mol. The lowest BCUT2D eigenvalue weighted by molar-refractivity contribution is -0.138. The molecule has 1 aromatic heterocycles. The molecule has 2 aliphatic carbocycles. The summed E-state index contributed by atoms with van der Waals surface area (Å²) in [4.78, 5) is 30.1. The Morgan fingerprint density at radius 3 is 2.57 bits per heavy atom. The highest BCUT2D eigenvalue weighted by molar-refractivity contribution is 6.04. The number of aromatic amines is 1. The first-order chi connectivity index (χ1) is 13.3. The van der Waals surface area contributed by atoms with Crippen molar-refractivity contribution in [2.24, 2.45) is 0 Å². The van der Waals surface area contributed by atoms with Gasteiger partial charge in [-0.05, 0) is 49.8 Å². The zero-order valence-corrected chi connectivity index (χ0v) is 15.5. The van der Waals surface area contributed by atoms with Gasteiger partial charge in [-0.2, -0.15) is 13.2 Å². The zero-order valence-electron chi connectivity index (χ0n) is 15.5. The summed E-state index contributed by atoms with van der Waals surface area (Å²) in [5, 5.41) is 0. The van der Waals surface area contributed by atoms with Gasteiger partial charge in [-0.25, -0.2) is 0 Å². The molecule has 0 spiro atoms. The number of aryl methyl sites for hydroxylation is 1. The molecule has 0 aliphatic heterocycles. The highest BCUT2D eigenvalue weighted by Gasteiger charge is 2.38. The second-order valence-corrected chi connectivity index (χ2v) is 7.57. The smallest absolute Gasteiger partial charge is 0.354 e. The van der Waals surface area contributed by atoms with Gasteiger partial charge in [0.05, 0.1) is 5.56 Å². The third-order valence-electron chi connectivity index (χ3n) is 5.56. The van der Waals surface area contributed by atoms with Crippen LogP contribution in [0.15, 0.2) is 24.3 Å². The van der Waals surface area contributed by atoms with Gasteiger partial charge >= 0.3 is 6.18 Å². The van der Waals surface area contributed by atoms with Crippen molar-refractivity contribution in [3.05, 3.63) is 57.9 Å². The normalized spacial score (nSPS) is 16.8. The number of Topliss-reactive ketones (excluding diaryl/α,β-unsaturated/α-hetero) is 1. The molecule has 28 heavy (non-hydrogen) atoms. The van der Waals surface area contributed by atoms with Crippen molar-refractivity contribution in [1.29, 1.82) is 0 Å². The minimum atomic E-state index is -4.47. The molecule has 0 atom stereocenters. The van der Waals surface area contributed by atoms with E-state index in [1.54, 1.807) is 13.0 Å². The van der Waals surface area contributed by atoms with E-state index >= 15 is 0 Å². The molecule has 0 saturated heterocycles. The van der Waals surface area contributed by atoms with E-state index in [0.717, 1.165) is 31.0 Å². The number of benzene rings is 1. The fraction of sp³-hybridized carbons (Fsp3) is 0.429. The van der Waals surface area contributed by atoms with Crippen LogP contribution in [0.2, 0.25) is 0 Å². The van der Waals surface area contributed by atoms with Crippen molar-refractivity contribution < 1.29 is 22.8 Å². The Morgan fingerprint density at radius 2 is 1.93 bits per heavy atom. The van der Waals surface area contributed by atoms with E-state index in [-0.39, 0.29) is 29.8 Å². The van der Waals surface area contributed by atoms with Gasteiger partial charge < -0.3 is 9.88 Å². The number of nitrogens with zero attached hydrogens (tertiary/aromatic N) is 1. The Bertz CT molecular complexity index is 942. The third-order valence-corrected chi connectivity index (χ3v) is 5.56. The van der Waals surface area contributed by atoms with Crippen molar-refractivity contribution in [1.82, 2.24) is 9.88 Å². The van der Waals surface area contributed by atoms with Crippen LogP contribution in [0.3, 0.4) is 0 Å². The molecule has 1 N–H and O–H groups in total. The molecule has 4 nitrogen and oxygen atoms in total. The van der Waals surface area contributed by atoms with Crippen LogP contribution in [0.5, 0.6) is 0 Å². The number of H-pyrrole nitrogens is 1. The topological polar surface area (TPSA) is 53.2 Å². The maximum absolute atomic E-state index is 13.4. The summed E-state index contributed by atoms with van der Waals surface area (Å²) in [5.41, 5.74) is 1.66. The molecule has 7 heteroatoms. The lowest BCUT2D eigenvalue weighted by atomic mass is 9.93. The molecular formula is C21H21F3N2O2. The number of amides is 1. The fourth-order valence-electron chi connectivity index (χ4n) is 4.00. The average Bonchev–Trinajstić information content (AvgIpc) is 3.42. The number of alkyl halides is 3. The number of rotatable bonds is 4. The second kappa shape index (κ2) is 6.79. The van der Waals surface area contributed by atoms with E-state index in [4.69, 9.17) is 0 Å². The number of carbonyl (C=O) groups excluding carboxylic acids is 2. The second-order valence-electron chi connectivity index (χ2n) is 7.57. The van der Waals surface area contributed by atoms with Gasteiger partial charge in [0.15, 0.2) is 5.78 Å². The number of hydrogen-bond donors (Lipinski definition) is 1. The van der Waals surface area contributed by atoms with Crippen molar-refractivity contribution >= 4 is 11.7 Å². The number of halogens is 3. The third kappa shape index (κ3) is 3.34. The summed E-state index contributed by atoms with van der Waals surface area (Å²) >= 11 is 0. The Kier molecular flexibility index (Phi) is 4.56. The van der Waals surface area contributed by atoms with Gasteiger partial charge in [-0.3, -0.25) is 9.59 Å². The predicted molar refractivity (Wildman–Crippen MR) is 97.1 cm³/mol. The van der Waals surface area contributed by atoms with Crippen LogP contribution in [0, 0.1) is 6.92 Å². The van der Waals surface area contributed by atoms with Crippen LogP contribution < -0.4 is 0 Å². The lowest BCUT2D eigenvalue weighted by Crippen LogP contribution is -2.34. The van der Waals surface area contributed by atoms with Gasteiger partial charge in [0.2, 0.25) is 0 Å². The molecule has 1 heterocycles. The van der Waals surface area contributed by atoms with Crippen LogP contribution in [-0.4, -0.2) is 27.6 Å². The maximum atomic E-state index is 13.4. The maximum Gasteiger partial charge on any atom is 0.416 e. The first-order valence-electron chi connectivity index (χ1n) is 9.48. The standard InChI is InChI=1S/C21H21F3N2O2/c1-12-18-16(7-4-8-17(18)27)25-19(12)20(28)26(14-9-10-14)11-13-5-2-3-6-15(13)21(22,23)24/h2-3,5-6,14,25H,4,7-11H2,1H3. The summed E-state index contributed by atoms with van der Waals surface area (Å²) in [6.45, 7) is 1.64. The van der Waals surface area contributed by atoms with Crippen molar-refractivity contribution in [3.63, 3.8) is 0 Å². The molecule has 1 amide bonds. The van der Waals surface area contributed by atoms with Crippen molar-refractivity contribution in [3.8, 4) is 0 Å². The number of fused-ring (bicyclic) bond motifs is 1. The summed E-state index contributed by atoms with van der Waals surface area (Å²) in [5.74, 6) is -0.311.